The van der Waals surface area contributed by atoms with Gasteiger partial charge in [0.1, 0.15) is 5.75 Å². The highest BCUT2D eigenvalue weighted by molar-refractivity contribution is 5.46. The molecule has 0 aliphatic heterocycles. The van der Waals surface area contributed by atoms with E-state index in [4.69, 9.17) is 10.5 Å². The highest BCUT2D eigenvalue weighted by Gasteiger charge is 2.06. The standard InChI is InChI=1S/C10H10N4O2/c1-6-2-3-7(4-12-6)16-10-8(11)9(15)13-5-14-10/h2-5H,11H2,1H3,(H,13,14,15). The van der Waals surface area contributed by atoms with Gasteiger partial charge in [0, 0.05) is 5.69 Å². The summed E-state index contributed by atoms with van der Waals surface area (Å²) < 4.78 is 5.33. The predicted molar refractivity (Wildman–Crippen MR) is 58.3 cm³/mol. The summed E-state index contributed by atoms with van der Waals surface area (Å²) in [6.07, 6.45) is 2.77. The molecule has 0 fully saturated rings. The molecule has 6 heteroatoms. The van der Waals surface area contributed by atoms with Gasteiger partial charge in [0.2, 0.25) is 5.88 Å². The Balaban J connectivity index is 2.30. The van der Waals surface area contributed by atoms with Crippen LogP contribution in [0.2, 0.25) is 0 Å². The topological polar surface area (TPSA) is 93.9 Å². The first-order chi connectivity index (χ1) is 7.66. The first-order valence-corrected chi connectivity index (χ1v) is 4.60. The first kappa shape index (κ1) is 10.2. The summed E-state index contributed by atoms with van der Waals surface area (Å²) in [6.45, 7) is 1.86. The lowest BCUT2D eigenvalue weighted by Crippen LogP contribution is -2.13. The number of rotatable bonds is 2. The fraction of sp³-hybridized carbons (Fsp3) is 0.100. The third-order valence-electron chi connectivity index (χ3n) is 1.95. The second-order valence-corrected chi connectivity index (χ2v) is 3.19. The highest BCUT2D eigenvalue weighted by atomic mass is 16.5. The molecule has 0 atom stereocenters. The SMILES string of the molecule is Cc1ccc(Oc2nc[nH]c(=O)c2N)cn1. The van der Waals surface area contributed by atoms with Gasteiger partial charge in [-0.15, -0.1) is 0 Å². The average molecular weight is 218 g/mol. The zero-order valence-electron chi connectivity index (χ0n) is 8.60. The van der Waals surface area contributed by atoms with Crippen molar-refractivity contribution in [2.45, 2.75) is 6.92 Å². The molecule has 0 aromatic carbocycles. The molecule has 2 heterocycles. The number of pyridine rings is 1. The maximum atomic E-state index is 11.2. The van der Waals surface area contributed by atoms with Gasteiger partial charge in [-0.05, 0) is 19.1 Å². The lowest BCUT2D eigenvalue weighted by molar-refractivity contribution is 0.461. The summed E-state index contributed by atoms with van der Waals surface area (Å²) >= 11 is 0. The molecule has 0 aliphatic rings. The molecule has 82 valence electrons. The van der Waals surface area contributed by atoms with E-state index in [2.05, 4.69) is 15.0 Å². The fourth-order valence-corrected chi connectivity index (χ4v) is 1.10. The summed E-state index contributed by atoms with van der Waals surface area (Å²) in [6, 6.07) is 3.52. The number of ether oxygens (including phenoxy) is 1. The number of hydrogen-bond acceptors (Lipinski definition) is 5. The van der Waals surface area contributed by atoms with Gasteiger partial charge in [0.25, 0.3) is 5.56 Å². The molecule has 0 unspecified atom stereocenters. The Kier molecular flexibility index (Phi) is 2.55. The van der Waals surface area contributed by atoms with Crippen LogP contribution in [0.1, 0.15) is 5.69 Å². The van der Waals surface area contributed by atoms with Crippen molar-refractivity contribution in [2.24, 2.45) is 0 Å². The van der Waals surface area contributed by atoms with Crippen molar-refractivity contribution in [3.63, 3.8) is 0 Å². The number of aromatic nitrogens is 3. The number of nitrogen functional groups attached to an aromatic ring is 1. The van der Waals surface area contributed by atoms with Gasteiger partial charge in [-0.25, -0.2) is 4.98 Å². The Morgan fingerprint density at radius 1 is 1.38 bits per heavy atom. The first-order valence-electron chi connectivity index (χ1n) is 4.60. The zero-order valence-corrected chi connectivity index (χ0v) is 8.60. The van der Waals surface area contributed by atoms with Crippen LogP contribution in [-0.4, -0.2) is 15.0 Å². The van der Waals surface area contributed by atoms with Crippen molar-refractivity contribution in [3.8, 4) is 11.6 Å². The summed E-state index contributed by atoms with van der Waals surface area (Å²) in [5.41, 5.74) is 5.90. The van der Waals surface area contributed by atoms with Crippen molar-refractivity contribution in [1.29, 1.82) is 0 Å². The lowest BCUT2D eigenvalue weighted by Gasteiger charge is -2.05. The van der Waals surface area contributed by atoms with Crippen LogP contribution in [0, 0.1) is 6.92 Å². The zero-order chi connectivity index (χ0) is 11.5. The molecule has 0 saturated carbocycles. The summed E-state index contributed by atoms with van der Waals surface area (Å²) in [7, 11) is 0. The number of anilines is 1. The molecule has 0 bridgehead atoms. The average Bonchev–Trinajstić information content (AvgIpc) is 2.28. The van der Waals surface area contributed by atoms with Gasteiger partial charge < -0.3 is 15.5 Å². The van der Waals surface area contributed by atoms with Crippen LogP contribution in [-0.2, 0) is 0 Å². The van der Waals surface area contributed by atoms with E-state index in [1.165, 1.54) is 12.5 Å². The number of aryl methyl sites for hydroxylation is 1. The molecule has 2 aromatic rings. The Bertz CT molecular complexity index is 547. The number of nitrogens with one attached hydrogen (secondary N) is 1. The third-order valence-corrected chi connectivity index (χ3v) is 1.95. The second kappa shape index (κ2) is 4.01. The van der Waals surface area contributed by atoms with Gasteiger partial charge in [-0.1, -0.05) is 0 Å². The number of nitrogens with two attached hydrogens (primary N) is 1. The van der Waals surface area contributed by atoms with Crippen molar-refractivity contribution < 1.29 is 4.74 Å². The van der Waals surface area contributed by atoms with E-state index in [1.807, 2.05) is 6.92 Å². The largest absolute Gasteiger partial charge is 0.435 e. The Morgan fingerprint density at radius 3 is 2.88 bits per heavy atom. The van der Waals surface area contributed by atoms with Gasteiger partial charge in [-0.2, -0.15) is 0 Å². The molecule has 16 heavy (non-hydrogen) atoms. The Hall–Kier alpha value is -2.37. The van der Waals surface area contributed by atoms with E-state index < -0.39 is 5.56 Å². The predicted octanol–water partition coefficient (Wildman–Crippen LogP) is 0.848. The normalized spacial score (nSPS) is 10.1. The smallest absolute Gasteiger partial charge is 0.277 e. The quantitative estimate of drug-likeness (QED) is 0.779. The van der Waals surface area contributed by atoms with Crippen molar-refractivity contribution in [1.82, 2.24) is 15.0 Å². The Morgan fingerprint density at radius 2 is 2.19 bits per heavy atom. The van der Waals surface area contributed by atoms with E-state index in [0.717, 1.165) is 5.69 Å². The highest BCUT2D eigenvalue weighted by Crippen LogP contribution is 2.20. The molecule has 6 nitrogen and oxygen atoms in total. The van der Waals surface area contributed by atoms with Crippen molar-refractivity contribution in [3.05, 3.63) is 40.7 Å². The van der Waals surface area contributed by atoms with Crippen LogP contribution < -0.4 is 16.0 Å². The van der Waals surface area contributed by atoms with Crippen LogP contribution in [0.15, 0.2) is 29.5 Å². The van der Waals surface area contributed by atoms with Crippen LogP contribution >= 0.6 is 0 Å². The summed E-state index contributed by atoms with van der Waals surface area (Å²) in [4.78, 5) is 21.4. The van der Waals surface area contributed by atoms with E-state index in [0.29, 0.717) is 5.75 Å². The molecular weight excluding hydrogens is 208 g/mol. The minimum Gasteiger partial charge on any atom is -0.435 e. The lowest BCUT2D eigenvalue weighted by atomic mass is 10.4. The molecule has 2 rings (SSSR count). The van der Waals surface area contributed by atoms with Crippen LogP contribution in [0.3, 0.4) is 0 Å². The molecule has 0 spiro atoms. The molecule has 0 radical (unpaired) electrons. The molecule has 0 aliphatic carbocycles. The fourth-order valence-electron chi connectivity index (χ4n) is 1.10. The van der Waals surface area contributed by atoms with E-state index in [1.54, 1.807) is 12.1 Å². The second-order valence-electron chi connectivity index (χ2n) is 3.19. The van der Waals surface area contributed by atoms with Gasteiger partial charge in [0.05, 0.1) is 12.5 Å². The molecule has 3 N–H and O–H groups in total. The van der Waals surface area contributed by atoms with Gasteiger partial charge in [-0.3, -0.25) is 9.78 Å². The van der Waals surface area contributed by atoms with Crippen LogP contribution in [0.5, 0.6) is 11.6 Å². The number of aromatic amines is 1. The molecule has 0 amide bonds. The number of nitrogens with zero attached hydrogens (tertiary/aromatic N) is 2. The number of hydrogen-bond donors (Lipinski definition) is 2. The molecule has 0 saturated heterocycles. The number of H-pyrrole nitrogens is 1. The van der Waals surface area contributed by atoms with Crippen LogP contribution in [0.25, 0.3) is 0 Å². The van der Waals surface area contributed by atoms with E-state index in [-0.39, 0.29) is 11.6 Å². The van der Waals surface area contributed by atoms with Crippen LogP contribution in [0.4, 0.5) is 5.69 Å². The third kappa shape index (κ3) is 2.00. The maximum Gasteiger partial charge on any atom is 0.277 e. The Labute approximate surface area is 91.1 Å². The molecule has 2 aromatic heterocycles. The monoisotopic (exact) mass is 218 g/mol. The minimum atomic E-state index is -0.426. The van der Waals surface area contributed by atoms with Gasteiger partial charge >= 0.3 is 0 Å². The summed E-state index contributed by atoms with van der Waals surface area (Å²) in [5.74, 6) is 0.560. The van der Waals surface area contributed by atoms with Crippen molar-refractivity contribution in [2.75, 3.05) is 5.73 Å². The van der Waals surface area contributed by atoms with Gasteiger partial charge in [0.15, 0.2) is 5.69 Å². The van der Waals surface area contributed by atoms with E-state index in [9.17, 15) is 4.79 Å². The van der Waals surface area contributed by atoms with Crippen molar-refractivity contribution >= 4 is 5.69 Å². The maximum absolute atomic E-state index is 11.2. The summed E-state index contributed by atoms with van der Waals surface area (Å²) in [5, 5.41) is 0. The van der Waals surface area contributed by atoms with E-state index >= 15 is 0 Å². The minimum absolute atomic E-state index is 0.0527. The molecular formula is C10H10N4O2.